The lowest BCUT2D eigenvalue weighted by molar-refractivity contribution is -0.125. The Labute approximate surface area is 113 Å². The van der Waals surface area contributed by atoms with Crippen molar-refractivity contribution in [3.05, 3.63) is 0 Å². The van der Waals surface area contributed by atoms with Crippen LogP contribution in [-0.4, -0.2) is 16.9 Å². The molecule has 1 saturated carbocycles. The van der Waals surface area contributed by atoms with Crippen LogP contribution in [0.5, 0.6) is 0 Å². The lowest BCUT2D eigenvalue weighted by Gasteiger charge is -2.19. The molecule has 1 amide bonds. The van der Waals surface area contributed by atoms with Crippen LogP contribution < -0.4 is 5.32 Å². The number of halogens is 1. The SMILES string of the molecule is O=C(NCCCCI)C1CCCCCCC1. The number of alkyl halides is 1. The van der Waals surface area contributed by atoms with E-state index in [2.05, 4.69) is 27.9 Å². The third-order valence-corrected chi connectivity index (χ3v) is 4.10. The fraction of sp³-hybridized carbons (Fsp3) is 0.923. The van der Waals surface area contributed by atoms with Gasteiger partial charge in [-0.2, -0.15) is 0 Å². The smallest absolute Gasteiger partial charge is 0.223 e. The van der Waals surface area contributed by atoms with Crippen LogP contribution in [0.3, 0.4) is 0 Å². The molecule has 2 nitrogen and oxygen atoms in total. The molecule has 0 unspecified atom stereocenters. The summed E-state index contributed by atoms with van der Waals surface area (Å²) in [7, 11) is 0. The molecule has 16 heavy (non-hydrogen) atoms. The van der Waals surface area contributed by atoms with Gasteiger partial charge in [0.25, 0.3) is 0 Å². The van der Waals surface area contributed by atoms with Crippen molar-refractivity contribution in [3.8, 4) is 0 Å². The molecule has 3 heteroatoms. The molecule has 0 bridgehead atoms. The molecule has 0 aromatic rings. The van der Waals surface area contributed by atoms with Gasteiger partial charge < -0.3 is 5.32 Å². The highest BCUT2D eigenvalue weighted by atomic mass is 127. The van der Waals surface area contributed by atoms with E-state index < -0.39 is 0 Å². The summed E-state index contributed by atoms with van der Waals surface area (Å²) < 4.78 is 1.19. The monoisotopic (exact) mass is 337 g/mol. The number of carbonyl (C=O) groups is 1. The number of hydrogen-bond acceptors (Lipinski definition) is 1. The average molecular weight is 337 g/mol. The molecule has 0 heterocycles. The minimum Gasteiger partial charge on any atom is -0.356 e. The molecule has 0 aromatic heterocycles. The van der Waals surface area contributed by atoms with Gasteiger partial charge >= 0.3 is 0 Å². The van der Waals surface area contributed by atoms with Gasteiger partial charge in [0, 0.05) is 12.5 Å². The van der Waals surface area contributed by atoms with Crippen molar-refractivity contribution >= 4 is 28.5 Å². The average Bonchev–Trinajstić information content (AvgIpc) is 2.23. The predicted molar refractivity (Wildman–Crippen MR) is 76.9 cm³/mol. The zero-order valence-electron chi connectivity index (χ0n) is 10.1. The van der Waals surface area contributed by atoms with Gasteiger partial charge in [-0.1, -0.05) is 54.7 Å². The topological polar surface area (TPSA) is 29.1 Å². The number of unbranched alkanes of at least 4 members (excludes halogenated alkanes) is 1. The van der Waals surface area contributed by atoms with Crippen LogP contribution in [-0.2, 0) is 4.79 Å². The lowest BCUT2D eigenvalue weighted by atomic mass is 9.90. The summed E-state index contributed by atoms with van der Waals surface area (Å²) >= 11 is 2.38. The molecule has 0 atom stereocenters. The molecule has 0 saturated heterocycles. The van der Waals surface area contributed by atoms with E-state index in [0.717, 1.165) is 25.8 Å². The maximum absolute atomic E-state index is 11.9. The van der Waals surface area contributed by atoms with Crippen molar-refractivity contribution in [3.63, 3.8) is 0 Å². The second kappa shape index (κ2) is 9.25. The van der Waals surface area contributed by atoms with Gasteiger partial charge in [-0.3, -0.25) is 4.79 Å². The molecule has 0 aromatic carbocycles. The molecule has 1 rings (SSSR count). The number of amides is 1. The highest BCUT2D eigenvalue weighted by molar-refractivity contribution is 14.1. The summed E-state index contributed by atoms with van der Waals surface area (Å²) in [6.45, 7) is 0.873. The van der Waals surface area contributed by atoms with E-state index in [1.807, 2.05) is 0 Å². The van der Waals surface area contributed by atoms with E-state index in [4.69, 9.17) is 0 Å². The van der Waals surface area contributed by atoms with Gasteiger partial charge in [-0.15, -0.1) is 0 Å². The molecule has 1 aliphatic rings. The standard InChI is InChI=1S/C13H24INO/c14-10-6-7-11-15-13(16)12-8-4-2-1-3-5-9-12/h12H,1-11H2,(H,15,16). The zero-order chi connectivity index (χ0) is 11.6. The van der Waals surface area contributed by atoms with Crippen LogP contribution in [0.25, 0.3) is 0 Å². The van der Waals surface area contributed by atoms with Gasteiger partial charge in [0.1, 0.15) is 0 Å². The highest BCUT2D eigenvalue weighted by Gasteiger charge is 2.18. The summed E-state index contributed by atoms with van der Waals surface area (Å²) in [4.78, 5) is 11.9. The van der Waals surface area contributed by atoms with Crippen LogP contribution in [0.1, 0.15) is 57.8 Å². The van der Waals surface area contributed by atoms with E-state index in [-0.39, 0.29) is 0 Å². The predicted octanol–water partition coefficient (Wildman–Crippen LogP) is 3.68. The molecule has 0 radical (unpaired) electrons. The van der Waals surface area contributed by atoms with Gasteiger partial charge in [0.05, 0.1) is 0 Å². The Morgan fingerprint density at radius 1 is 1.06 bits per heavy atom. The van der Waals surface area contributed by atoms with Crippen molar-refractivity contribution in [1.29, 1.82) is 0 Å². The van der Waals surface area contributed by atoms with Crippen LogP contribution in [0, 0.1) is 5.92 Å². The lowest BCUT2D eigenvalue weighted by Crippen LogP contribution is -2.31. The first kappa shape index (κ1) is 14.3. The minimum absolute atomic E-state index is 0.305. The molecule has 1 N–H and O–H groups in total. The zero-order valence-corrected chi connectivity index (χ0v) is 12.3. The Kier molecular flexibility index (Phi) is 8.25. The van der Waals surface area contributed by atoms with Crippen molar-refractivity contribution in [1.82, 2.24) is 5.32 Å². The molecule has 0 aliphatic heterocycles. The number of rotatable bonds is 5. The largest absolute Gasteiger partial charge is 0.356 e. The van der Waals surface area contributed by atoms with E-state index in [9.17, 15) is 4.79 Å². The minimum atomic E-state index is 0.305. The van der Waals surface area contributed by atoms with E-state index in [0.29, 0.717) is 11.8 Å². The summed E-state index contributed by atoms with van der Waals surface area (Å²) in [6.07, 6.45) is 11.0. The number of hydrogen-bond donors (Lipinski definition) is 1. The summed E-state index contributed by atoms with van der Waals surface area (Å²) in [5, 5.41) is 3.09. The van der Waals surface area contributed by atoms with Crippen molar-refractivity contribution in [2.75, 3.05) is 11.0 Å². The normalized spacial score (nSPS) is 18.8. The Morgan fingerprint density at radius 2 is 1.69 bits per heavy atom. The van der Waals surface area contributed by atoms with Gasteiger partial charge in [0.2, 0.25) is 5.91 Å². The van der Waals surface area contributed by atoms with E-state index in [1.165, 1.54) is 43.0 Å². The van der Waals surface area contributed by atoms with Gasteiger partial charge in [-0.05, 0) is 30.1 Å². The van der Waals surface area contributed by atoms with Crippen LogP contribution in [0.2, 0.25) is 0 Å². The first-order valence-corrected chi connectivity index (χ1v) is 8.21. The fourth-order valence-corrected chi connectivity index (χ4v) is 2.83. The Bertz CT molecular complexity index is 188. The number of nitrogens with one attached hydrogen (secondary N) is 1. The van der Waals surface area contributed by atoms with E-state index >= 15 is 0 Å². The van der Waals surface area contributed by atoms with Crippen LogP contribution >= 0.6 is 22.6 Å². The summed E-state index contributed by atoms with van der Waals surface area (Å²) in [5.74, 6) is 0.621. The first-order chi connectivity index (χ1) is 7.84. The Morgan fingerprint density at radius 3 is 2.31 bits per heavy atom. The Hall–Kier alpha value is 0.200. The van der Waals surface area contributed by atoms with Gasteiger partial charge in [-0.25, -0.2) is 0 Å². The molecular formula is C13H24INO. The quantitative estimate of drug-likeness (QED) is 0.463. The Balaban J connectivity index is 2.17. The molecule has 1 fully saturated rings. The highest BCUT2D eigenvalue weighted by Crippen LogP contribution is 2.22. The van der Waals surface area contributed by atoms with Crippen molar-refractivity contribution < 1.29 is 4.79 Å². The first-order valence-electron chi connectivity index (χ1n) is 6.68. The molecular weight excluding hydrogens is 313 g/mol. The molecule has 1 aliphatic carbocycles. The second-order valence-corrected chi connectivity index (χ2v) is 5.81. The third-order valence-electron chi connectivity index (χ3n) is 3.34. The summed E-state index contributed by atoms with van der Waals surface area (Å²) in [5.41, 5.74) is 0. The molecule has 94 valence electrons. The van der Waals surface area contributed by atoms with Crippen molar-refractivity contribution in [2.24, 2.45) is 5.92 Å². The van der Waals surface area contributed by atoms with Gasteiger partial charge in [0.15, 0.2) is 0 Å². The molecule has 0 spiro atoms. The maximum Gasteiger partial charge on any atom is 0.223 e. The third kappa shape index (κ3) is 6.06. The maximum atomic E-state index is 11.9. The fourth-order valence-electron chi connectivity index (χ4n) is 2.29. The van der Waals surface area contributed by atoms with Crippen LogP contribution in [0.4, 0.5) is 0 Å². The van der Waals surface area contributed by atoms with Crippen LogP contribution in [0.15, 0.2) is 0 Å². The van der Waals surface area contributed by atoms with Crippen molar-refractivity contribution in [2.45, 2.75) is 57.8 Å². The number of carbonyl (C=O) groups excluding carboxylic acids is 1. The van der Waals surface area contributed by atoms with E-state index in [1.54, 1.807) is 0 Å². The summed E-state index contributed by atoms with van der Waals surface area (Å²) in [6, 6.07) is 0. The second-order valence-electron chi connectivity index (χ2n) is 4.73.